The van der Waals surface area contributed by atoms with E-state index in [0.29, 0.717) is 33.8 Å². The Bertz CT molecular complexity index is 3660. The zero-order valence-corrected chi connectivity index (χ0v) is 36.3. The van der Waals surface area contributed by atoms with Gasteiger partial charge < -0.3 is 4.90 Å². The Labute approximate surface area is 400 Å². The molecule has 6 heterocycles. The van der Waals surface area contributed by atoms with Gasteiger partial charge in [-0.05, 0) is 115 Å². The van der Waals surface area contributed by atoms with Crippen LogP contribution in [0, 0.1) is 53.7 Å². The van der Waals surface area contributed by atoms with Gasteiger partial charge in [0, 0.05) is 29.7 Å². The van der Waals surface area contributed by atoms with Crippen molar-refractivity contribution in [3.05, 3.63) is 264 Å². The third kappa shape index (κ3) is 3.88. The Hall–Kier alpha value is -10.5. The molecule has 0 amide bonds. The Morgan fingerprint density at radius 2 is 0.714 bits per heavy atom. The number of hydrogen-bond donors (Lipinski definition) is 0. The minimum atomic E-state index is -1.11. The first-order valence-electron chi connectivity index (χ1n) is 22.4. The number of nitriles is 3. The average Bonchev–Trinajstić information content (AvgIpc) is 3.99. The van der Waals surface area contributed by atoms with E-state index in [-0.39, 0.29) is 0 Å². The van der Waals surface area contributed by atoms with Crippen LogP contribution in [0.4, 0.5) is 34.1 Å². The van der Waals surface area contributed by atoms with Crippen LogP contribution in [0.2, 0.25) is 0 Å². The molecule has 6 aliphatic rings. The molecule has 9 aromatic rings. The summed E-state index contributed by atoms with van der Waals surface area (Å²) in [5.41, 5.74) is 17.4. The molecule has 3 aromatic heterocycles. The van der Waals surface area contributed by atoms with E-state index < -0.39 is 16.2 Å². The largest absolute Gasteiger partial charge is 0.308 e. The quantitative estimate of drug-likeness (QED) is 0.139. The maximum atomic E-state index is 10.4. The highest BCUT2D eigenvalue weighted by atomic mass is 15.2. The lowest BCUT2D eigenvalue weighted by Crippen LogP contribution is -2.48. The fraction of sp³-hybridized carbons (Fsp3) is 0.0500. The molecule has 3 atom stereocenters. The molecule has 10 heteroatoms. The maximum Gasteiger partial charge on any atom is 0.205 e. The Balaban J connectivity index is 1.21. The van der Waals surface area contributed by atoms with Crippen molar-refractivity contribution in [1.82, 2.24) is 15.0 Å². The summed E-state index contributed by atoms with van der Waals surface area (Å²) in [6, 6.07) is 49.6. The lowest BCUT2D eigenvalue weighted by molar-refractivity contribution is 0.650. The van der Waals surface area contributed by atoms with Crippen LogP contribution in [0.5, 0.6) is 0 Å². The van der Waals surface area contributed by atoms with Gasteiger partial charge in [0.25, 0.3) is 0 Å². The number of hydrogen-bond acceptors (Lipinski definition) is 7. The van der Waals surface area contributed by atoms with Crippen LogP contribution >= 0.6 is 0 Å². The number of fused-ring (bicyclic) bond motifs is 21. The van der Waals surface area contributed by atoms with Crippen molar-refractivity contribution < 1.29 is 0 Å². The van der Waals surface area contributed by atoms with E-state index in [9.17, 15) is 15.8 Å². The number of benzene rings is 6. The molecular formula is C60H24N10. The predicted octanol–water partition coefficient (Wildman–Crippen LogP) is 12.6. The molecule has 10 nitrogen and oxygen atoms in total. The standard InChI is InChI=1S/C60H24N10/c1-64-34-14-17-44-38(22-34)41-21-33(27-63)29-68-56(41)59(44)48-9-4-7-46-52(48)70-53-47(58(46)43-16-13-31(25-61)19-37(43)40-20-32(26-62)28-67-55(40)58)8-5-11-50(53)60(51-12-6-10-49(59)54(51)70)45-18-15-35(65-2)23-39(45)42-24-36(66-3)30-69-57(42)60/h4-24,28-30H. The third-order valence-corrected chi connectivity index (χ3v) is 15.8. The predicted molar refractivity (Wildman–Crippen MR) is 260 cm³/mol. The molecule has 3 unspecified atom stereocenters. The number of pyridine rings is 3. The number of nitrogens with zero attached hydrogens (tertiary/aromatic N) is 10. The van der Waals surface area contributed by atoms with Crippen LogP contribution in [0.3, 0.4) is 0 Å². The third-order valence-electron chi connectivity index (χ3n) is 15.8. The molecule has 0 radical (unpaired) electrons. The zero-order chi connectivity index (χ0) is 47.0. The van der Waals surface area contributed by atoms with E-state index in [2.05, 4.69) is 104 Å². The van der Waals surface area contributed by atoms with Crippen LogP contribution in [0.15, 0.2) is 146 Å². The van der Waals surface area contributed by atoms with E-state index in [4.69, 9.17) is 34.7 Å². The second-order valence-corrected chi connectivity index (χ2v) is 18.4. The molecule has 0 N–H and O–H groups in total. The summed E-state index contributed by atoms with van der Waals surface area (Å²) in [5.74, 6) is 0. The lowest BCUT2D eigenvalue weighted by atomic mass is 9.55. The molecule has 0 bridgehead atoms. The highest BCUT2D eigenvalue weighted by Gasteiger charge is 2.64. The summed E-state index contributed by atoms with van der Waals surface area (Å²) < 4.78 is 0. The van der Waals surface area contributed by atoms with Crippen molar-refractivity contribution in [2.75, 3.05) is 4.90 Å². The van der Waals surface area contributed by atoms with Gasteiger partial charge in [-0.25, -0.2) is 14.5 Å². The fourth-order valence-electron chi connectivity index (χ4n) is 13.5. The van der Waals surface area contributed by atoms with Gasteiger partial charge in [0.05, 0.1) is 92.9 Å². The maximum absolute atomic E-state index is 10.4. The Morgan fingerprint density at radius 3 is 1.11 bits per heavy atom. The number of rotatable bonds is 0. The Morgan fingerprint density at radius 1 is 0.371 bits per heavy atom. The van der Waals surface area contributed by atoms with Gasteiger partial charge in [-0.1, -0.05) is 84.9 Å². The van der Waals surface area contributed by atoms with Gasteiger partial charge in [0.15, 0.2) is 11.4 Å². The lowest BCUT2D eigenvalue weighted by Gasteiger charge is -2.56. The smallest absolute Gasteiger partial charge is 0.205 e. The van der Waals surface area contributed by atoms with Crippen LogP contribution < -0.4 is 4.90 Å². The van der Waals surface area contributed by atoms with Gasteiger partial charge in [-0.2, -0.15) is 15.8 Å². The molecule has 3 spiro atoms. The fourth-order valence-corrected chi connectivity index (χ4v) is 13.5. The van der Waals surface area contributed by atoms with Crippen LogP contribution in [-0.4, -0.2) is 15.0 Å². The summed E-state index contributed by atoms with van der Waals surface area (Å²) in [7, 11) is 0. The van der Waals surface area contributed by atoms with Crippen molar-refractivity contribution in [3.8, 4) is 51.6 Å². The molecule has 70 heavy (non-hydrogen) atoms. The van der Waals surface area contributed by atoms with Crippen molar-refractivity contribution >= 4 is 34.1 Å². The molecule has 3 aliphatic heterocycles. The van der Waals surface area contributed by atoms with E-state index in [1.165, 1.54) is 0 Å². The average molecular weight is 885 g/mol. The number of aromatic nitrogens is 3. The van der Waals surface area contributed by atoms with Crippen LogP contribution in [0.25, 0.3) is 47.9 Å². The topological polar surface area (TPSA) is 126 Å². The van der Waals surface area contributed by atoms with Gasteiger partial charge in [0.1, 0.15) is 12.1 Å². The molecule has 314 valence electrons. The van der Waals surface area contributed by atoms with E-state index in [1.807, 2.05) is 60.7 Å². The minimum absolute atomic E-state index is 0.383. The van der Waals surface area contributed by atoms with Crippen molar-refractivity contribution in [3.63, 3.8) is 0 Å². The molecule has 0 saturated heterocycles. The zero-order valence-electron chi connectivity index (χ0n) is 36.3. The minimum Gasteiger partial charge on any atom is -0.308 e. The SMILES string of the molecule is [C-]#[N+]c1ccc2c(c1)-c1cc(C#N)cnc1C21c2cccc3c2N2c4c(cccc4C4(c5ccc([N+]#[C-])cc5-c5cc([N+]#[C-])cnc54)c4cccc1c42)C31c2ccc(C#N)cc2-c2cc(C#N)cnc21. The van der Waals surface area contributed by atoms with Crippen molar-refractivity contribution in [2.45, 2.75) is 16.2 Å². The molecular weight excluding hydrogens is 861 g/mol. The Kier molecular flexibility index (Phi) is 6.72. The number of para-hydroxylation sites is 3. The summed E-state index contributed by atoms with van der Waals surface area (Å²) in [4.78, 5) is 29.9. The second kappa shape index (κ2) is 12.5. The molecule has 0 fully saturated rings. The number of anilines is 3. The molecule has 6 aromatic carbocycles. The van der Waals surface area contributed by atoms with Crippen LogP contribution in [-0.2, 0) is 16.2 Å². The van der Waals surface area contributed by atoms with Crippen LogP contribution in [0.1, 0.15) is 83.8 Å². The summed E-state index contributed by atoms with van der Waals surface area (Å²) in [5, 5.41) is 31.1. The monoisotopic (exact) mass is 884 g/mol. The first kappa shape index (κ1) is 37.7. The highest BCUT2D eigenvalue weighted by Crippen LogP contribution is 2.75. The van der Waals surface area contributed by atoms with E-state index >= 15 is 0 Å². The van der Waals surface area contributed by atoms with Gasteiger partial charge >= 0.3 is 0 Å². The van der Waals surface area contributed by atoms with Gasteiger partial charge in [-0.3, -0.25) is 15.0 Å². The molecule has 3 aliphatic carbocycles. The van der Waals surface area contributed by atoms with Crippen molar-refractivity contribution in [2.24, 2.45) is 0 Å². The van der Waals surface area contributed by atoms with Gasteiger partial charge in [0.2, 0.25) is 5.69 Å². The highest BCUT2D eigenvalue weighted by molar-refractivity contribution is 6.08. The summed E-state index contributed by atoms with van der Waals surface area (Å²) >= 11 is 0. The van der Waals surface area contributed by atoms with E-state index in [0.717, 1.165) is 118 Å². The summed E-state index contributed by atoms with van der Waals surface area (Å²) in [6.07, 6.45) is 4.92. The molecule has 0 saturated carbocycles. The first-order valence-corrected chi connectivity index (χ1v) is 22.4. The normalized spacial score (nSPS) is 19.2. The van der Waals surface area contributed by atoms with Crippen molar-refractivity contribution in [1.29, 1.82) is 15.8 Å². The summed E-state index contributed by atoms with van der Waals surface area (Å²) in [6.45, 7) is 24.4. The molecule has 15 rings (SSSR count). The second-order valence-electron chi connectivity index (χ2n) is 18.4. The van der Waals surface area contributed by atoms with E-state index in [1.54, 1.807) is 18.6 Å². The first-order chi connectivity index (χ1) is 34.4. The van der Waals surface area contributed by atoms with Gasteiger partial charge in [-0.15, -0.1) is 0 Å².